The third kappa shape index (κ3) is 1.90. The highest BCUT2D eigenvalue weighted by Crippen LogP contribution is 2.47. The molecular formula is C18H15F2N3O2. The van der Waals surface area contributed by atoms with Crippen molar-refractivity contribution in [2.75, 3.05) is 10.2 Å². The maximum atomic E-state index is 14.2. The van der Waals surface area contributed by atoms with Crippen LogP contribution in [0.2, 0.25) is 0 Å². The standard InChI is InChI=1S/C18H15F2N3O2/c1-17(2)16(25)23(10-6-4-3-5-7-10)18(22-17)11-8-9-12(19)13(20)14(11)21-15(18)24/h3-9,22H,1-2H3,(H,21,24). The number of carbonyl (C=O) groups is 2. The van der Waals surface area contributed by atoms with Crippen molar-refractivity contribution < 1.29 is 18.4 Å². The molecule has 1 saturated heterocycles. The Morgan fingerprint density at radius 2 is 1.68 bits per heavy atom. The average molecular weight is 343 g/mol. The third-order valence-electron chi connectivity index (χ3n) is 4.63. The Morgan fingerprint density at radius 1 is 1.00 bits per heavy atom. The Balaban J connectivity index is 2.01. The summed E-state index contributed by atoms with van der Waals surface area (Å²) in [4.78, 5) is 27.2. The van der Waals surface area contributed by atoms with Crippen molar-refractivity contribution in [2.24, 2.45) is 0 Å². The van der Waals surface area contributed by atoms with Crippen molar-refractivity contribution in [3.63, 3.8) is 0 Å². The lowest BCUT2D eigenvalue weighted by atomic mass is 9.98. The maximum Gasteiger partial charge on any atom is 0.270 e. The van der Waals surface area contributed by atoms with Gasteiger partial charge in [0.15, 0.2) is 11.6 Å². The van der Waals surface area contributed by atoms with Gasteiger partial charge in [-0.15, -0.1) is 0 Å². The molecule has 0 bridgehead atoms. The molecule has 7 heteroatoms. The molecule has 1 unspecified atom stereocenters. The highest BCUT2D eigenvalue weighted by atomic mass is 19.2. The molecular weight excluding hydrogens is 328 g/mol. The number of nitrogens with zero attached hydrogens (tertiary/aromatic N) is 1. The lowest BCUT2D eigenvalue weighted by Gasteiger charge is -2.33. The van der Waals surface area contributed by atoms with Gasteiger partial charge in [0.2, 0.25) is 11.6 Å². The van der Waals surface area contributed by atoms with Crippen LogP contribution in [0.3, 0.4) is 0 Å². The SMILES string of the molecule is CC1(C)NC2(C(=O)Nc3c2ccc(F)c3F)N(c2ccccc2)C1=O. The molecule has 2 amide bonds. The number of amides is 2. The van der Waals surface area contributed by atoms with Crippen LogP contribution in [0.1, 0.15) is 19.4 Å². The number of rotatable bonds is 1. The molecule has 2 aliphatic heterocycles. The van der Waals surface area contributed by atoms with Crippen LogP contribution in [-0.2, 0) is 15.3 Å². The van der Waals surface area contributed by atoms with E-state index in [0.717, 1.165) is 6.07 Å². The van der Waals surface area contributed by atoms with Gasteiger partial charge < -0.3 is 5.32 Å². The van der Waals surface area contributed by atoms with Gasteiger partial charge in [-0.1, -0.05) is 18.2 Å². The molecule has 0 saturated carbocycles. The fourth-order valence-electron chi connectivity index (χ4n) is 3.53. The number of para-hydroxylation sites is 1. The molecule has 2 aliphatic rings. The van der Waals surface area contributed by atoms with Gasteiger partial charge in [-0.2, -0.15) is 0 Å². The maximum absolute atomic E-state index is 14.2. The molecule has 1 spiro atoms. The normalized spacial score (nSPS) is 23.9. The molecule has 2 N–H and O–H groups in total. The van der Waals surface area contributed by atoms with Crippen LogP contribution in [-0.4, -0.2) is 17.4 Å². The van der Waals surface area contributed by atoms with Gasteiger partial charge in [0.25, 0.3) is 5.91 Å². The van der Waals surface area contributed by atoms with Crippen LogP contribution in [0.5, 0.6) is 0 Å². The zero-order valence-corrected chi connectivity index (χ0v) is 13.6. The summed E-state index contributed by atoms with van der Waals surface area (Å²) in [6, 6.07) is 10.9. The number of halogens is 2. The van der Waals surface area contributed by atoms with E-state index in [1.54, 1.807) is 44.2 Å². The van der Waals surface area contributed by atoms with E-state index in [-0.39, 0.29) is 17.2 Å². The van der Waals surface area contributed by atoms with Crippen LogP contribution in [0, 0.1) is 11.6 Å². The number of benzene rings is 2. The highest BCUT2D eigenvalue weighted by Gasteiger charge is 2.64. The van der Waals surface area contributed by atoms with Crippen molar-refractivity contribution in [1.29, 1.82) is 0 Å². The fourth-order valence-corrected chi connectivity index (χ4v) is 3.53. The lowest BCUT2D eigenvalue weighted by molar-refractivity contribution is -0.124. The van der Waals surface area contributed by atoms with E-state index in [1.807, 2.05) is 0 Å². The third-order valence-corrected chi connectivity index (χ3v) is 4.63. The van der Waals surface area contributed by atoms with Crippen LogP contribution < -0.4 is 15.5 Å². The first kappa shape index (κ1) is 15.7. The summed E-state index contributed by atoms with van der Waals surface area (Å²) in [5.41, 5.74) is -2.28. The summed E-state index contributed by atoms with van der Waals surface area (Å²) in [5, 5.41) is 5.42. The number of hydrogen-bond donors (Lipinski definition) is 2. The molecule has 5 nitrogen and oxygen atoms in total. The summed E-state index contributed by atoms with van der Waals surface area (Å²) in [7, 11) is 0. The molecule has 25 heavy (non-hydrogen) atoms. The monoisotopic (exact) mass is 343 g/mol. The van der Waals surface area contributed by atoms with Crippen molar-refractivity contribution >= 4 is 23.2 Å². The molecule has 1 fully saturated rings. The van der Waals surface area contributed by atoms with E-state index in [0.29, 0.717) is 5.69 Å². The average Bonchev–Trinajstić information content (AvgIpc) is 2.97. The summed E-state index contributed by atoms with van der Waals surface area (Å²) >= 11 is 0. The van der Waals surface area contributed by atoms with E-state index < -0.39 is 28.7 Å². The van der Waals surface area contributed by atoms with Crippen molar-refractivity contribution in [2.45, 2.75) is 25.0 Å². The van der Waals surface area contributed by atoms with Gasteiger partial charge in [-0.3, -0.25) is 19.8 Å². The van der Waals surface area contributed by atoms with Gasteiger partial charge in [-0.25, -0.2) is 8.78 Å². The molecule has 2 aromatic carbocycles. The predicted molar refractivity (Wildman–Crippen MR) is 87.8 cm³/mol. The molecule has 0 aromatic heterocycles. The Hall–Kier alpha value is -2.80. The van der Waals surface area contributed by atoms with Crippen LogP contribution in [0.25, 0.3) is 0 Å². The van der Waals surface area contributed by atoms with Crippen molar-refractivity contribution in [3.05, 3.63) is 59.7 Å². The second-order valence-corrected chi connectivity index (χ2v) is 6.67. The van der Waals surface area contributed by atoms with E-state index in [9.17, 15) is 18.4 Å². The predicted octanol–water partition coefficient (Wildman–Crippen LogP) is 2.48. The number of fused-ring (bicyclic) bond motifs is 2. The largest absolute Gasteiger partial charge is 0.320 e. The molecule has 2 aromatic rings. The van der Waals surface area contributed by atoms with E-state index in [4.69, 9.17) is 0 Å². The smallest absolute Gasteiger partial charge is 0.270 e. The minimum Gasteiger partial charge on any atom is -0.320 e. The lowest BCUT2D eigenvalue weighted by Crippen LogP contribution is -2.56. The molecule has 4 rings (SSSR count). The number of hydrogen-bond acceptors (Lipinski definition) is 3. The summed E-state index contributed by atoms with van der Waals surface area (Å²) in [5.74, 6) is -3.18. The zero-order chi connectivity index (χ0) is 18.0. The minimum atomic E-state index is -1.63. The summed E-state index contributed by atoms with van der Waals surface area (Å²) in [6.07, 6.45) is 0. The van der Waals surface area contributed by atoms with Gasteiger partial charge in [0.05, 0.1) is 11.2 Å². The second kappa shape index (κ2) is 4.86. The van der Waals surface area contributed by atoms with Crippen molar-refractivity contribution in [1.82, 2.24) is 5.32 Å². The molecule has 0 radical (unpaired) electrons. The van der Waals surface area contributed by atoms with Gasteiger partial charge in [0.1, 0.15) is 0 Å². The van der Waals surface area contributed by atoms with Crippen LogP contribution >= 0.6 is 0 Å². The molecule has 2 heterocycles. The quantitative estimate of drug-likeness (QED) is 0.836. The fraction of sp³-hybridized carbons (Fsp3) is 0.222. The Morgan fingerprint density at radius 3 is 2.36 bits per heavy atom. The Bertz CT molecular complexity index is 914. The van der Waals surface area contributed by atoms with Gasteiger partial charge in [-0.05, 0) is 38.1 Å². The first-order valence-electron chi connectivity index (χ1n) is 7.78. The van der Waals surface area contributed by atoms with Gasteiger partial charge >= 0.3 is 0 Å². The summed E-state index contributed by atoms with van der Waals surface area (Å²) < 4.78 is 27.8. The minimum absolute atomic E-state index is 0.180. The first-order chi connectivity index (χ1) is 11.8. The van der Waals surface area contributed by atoms with Gasteiger partial charge in [0, 0.05) is 11.3 Å². The Labute approximate surface area is 142 Å². The van der Waals surface area contributed by atoms with E-state index in [2.05, 4.69) is 10.6 Å². The number of carbonyl (C=O) groups excluding carboxylic acids is 2. The highest BCUT2D eigenvalue weighted by molar-refractivity contribution is 6.17. The number of nitrogens with one attached hydrogen (secondary N) is 2. The second-order valence-electron chi connectivity index (χ2n) is 6.67. The molecule has 0 aliphatic carbocycles. The van der Waals surface area contributed by atoms with Crippen LogP contribution in [0.4, 0.5) is 20.2 Å². The van der Waals surface area contributed by atoms with E-state index in [1.165, 1.54) is 11.0 Å². The molecule has 128 valence electrons. The molecule has 1 atom stereocenters. The zero-order valence-electron chi connectivity index (χ0n) is 13.6. The topological polar surface area (TPSA) is 61.4 Å². The van der Waals surface area contributed by atoms with Crippen molar-refractivity contribution in [3.8, 4) is 0 Å². The van der Waals surface area contributed by atoms with Crippen LogP contribution in [0.15, 0.2) is 42.5 Å². The van der Waals surface area contributed by atoms with E-state index >= 15 is 0 Å². The summed E-state index contributed by atoms with van der Waals surface area (Å²) in [6.45, 7) is 3.29. The first-order valence-corrected chi connectivity index (χ1v) is 7.78. The Kier molecular flexibility index (Phi) is 3.05. The number of anilines is 2.